The van der Waals surface area contributed by atoms with Gasteiger partial charge in [-0.3, -0.25) is 4.79 Å². The molecule has 1 aromatic rings. The van der Waals surface area contributed by atoms with Gasteiger partial charge in [0.05, 0.1) is 11.5 Å². The molecule has 1 aliphatic heterocycles. The van der Waals surface area contributed by atoms with Crippen molar-refractivity contribution in [2.75, 3.05) is 33.4 Å². The first-order valence-electron chi connectivity index (χ1n) is 8.56. The van der Waals surface area contributed by atoms with Crippen molar-refractivity contribution in [1.82, 2.24) is 9.62 Å². The fourth-order valence-electron chi connectivity index (χ4n) is 3.79. The second-order valence-corrected chi connectivity index (χ2v) is 8.56. The lowest BCUT2D eigenvalue weighted by atomic mass is 9.98. The molecule has 1 amide bonds. The molecular formula is C17H25N3O4S. The Morgan fingerprint density at radius 1 is 1.28 bits per heavy atom. The van der Waals surface area contributed by atoms with E-state index in [4.69, 9.17) is 10.5 Å². The number of carbonyl (C=O) groups excluding carboxylic acids is 1. The van der Waals surface area contributed by atoms with Crippen LogP contribution in [-0.2, 0) is 14.8 Å². The van der Waals surface area contributed by atoms with Gasteiger partial charge in [-0.05, 0) is 48.9 Å². The number of fused-ring (bicyclic) bond motifs is 1. The van der Waals surface area contributed by atoms with E-state index >= 15 is 0 Å². The highest BCUT2D eigenvalue weighted by atomic mass is 32.2. The minimum atomic E-state index is -3.59. The van der Waals surface area contributed by atoms with E-state index in [0.29, 0.717) is 30.6 Å². The number of sulfonamides is 1. The van der Waals surface area contributed by atoms with Crippen LogP contribution in [0.1, 0.15) is 23.2 Å². The van der Waals surface area contributed by atoms with E-state index in [9.17, 15) is 13.2 Å². The number of nitrogens with one attached hydrogen (secondary N) is 1. The van der Waals surface area contributed by atoms with Crippen LogP contribution in [-0.4, -0.2) is 58.6 Å². The van der Waals surface area contributed by atoms with Crippen LogP contribution >= 0.6 is 0 Å². The molecule has 2 aliphatic rings. The maximum atomic E-state index is 12.7. The number of hydrogen-bond acceptors (Lipinski definition) is 5. The van der Waals surface area contributed by atoms with Gasteiger partial charge in [0.2, 0.25) is 10.0 Å². The summed E-state index contributed by atoms with van der Waals surface area (Å²) >= 11 is 0. The molecule has 3 unspecified atom stereocenters. The van der Waals surface area contributed by atoms with Gasteiger partial charge >= 0.3 is 0 Å². The van der Waals surface area contributed by atoms with E-state index in [0.717, 1.165) is 19.4 Å². The summed E-state index contributed by atoms with van der Waals surface area (Å²) in [6.45, 7) is 1.95. The summed E-state index contributed by atoms with van der Waals surface area (Å²) in [5, 5.41) is 0. The lowest BCUT2D eigenvalue weighted by Gasteiger charge is -2.19. The van der Waals surface area contributed by atoms with E-state index in [-0.39, 0.29) is 23.4 Å². The Bertz CT molecular complexity index is 720. The monoisotopic (exact) mass is 367 g/mol. The molecule has 0 aromatic heterocycles. The number of likely N-dealkylation sites (tertiary alicyclic amines) is 1. The van der Waals surface area contributed by atoms with Crippen molar-refractivity contribution in [2.45, 2.75) is 23.8 Å². The average Bonchev–Trinajstić information content (AvgIpc) is 3.17. The molecule has 1 saturated carbocycles. The number of nitrogens with zero attached hydrogens (tertiary/aromatic N) is 1. The highest BCUT2D eigenvalue weighted by Crippen LogP contribution is 2.37. The van der Waals surface area contributed by atoms with Gasteiger partial charge in [-0.2, -0.15) is 0 Å². The number of nitrogens with two attached hydrogens (primary N) is 1. The van der Waals surface area contributed by atoms with Crippen molar-refractivity contribution >= 4 is 15.9 Å². The average molecular weight is 367 g/mol. The van der Waals surface area contributed by atoms with Crippen molar-refractivity contribution < 1.29 is 17.9 Å². The fourth-order valence-corrected chi connectivity index (χ4v) is 4.81. The Morgan fingerprint density at radius 3 is 2.64 bits per heavy atom. The molecule has 0 radical (unpaired) electrons. The number of hydrogen-bond donors (Lipinski definition) is 2. The number of rotatable bonds is 6. The topological polar surface area (TPSA) is 102 Å². The van der Waals surface area contributed by atoms with Crippen molar-refractivity contribution in [3.8, 4) is 0 Å². The molecule has 25 heavy (non-hydrogen) atoms. The Labute approximate surface area is 148 Å². The minimum absolute atomic E-state index is 0.0575. The molecule has 3 atom stereocenters. The van der Waals surface area contributed by atoms with Gasteiger partial charge in [0.25, 0.3) is 5.91 Å². The molecule has 1 aromatic carbocycles. The van der Waals surface area contributed by atoms with Crippen molar-refractivity contribution in [3.05, 3.63) is 29.8 Å². The van der Waals surface area contributed by atoms with Crippen LogP contribution in [0, 0.1) is 11.8 Å². The SMILES string of the molecule is COCCNS(=O)(=O)c1ccc(C(=O)N2CC3CCC(N)C3C2)cc1. The Hall–Kier alpha value is -1.48. The smallest absolute Gasteiger partial charge is 0.253 e. The first-order valence-corrected chi connectivity index (χ1v) is 10.0. The highest BCUT2D eigenvalue weighted by molar-refractivity contribution is 7.89. The third-order valence-electron chi connectivity index (χ3n) is 5.21. The van der Waals surface area contributed by atoms with Crippen LogP contribution in [0.5, 0.6) is 0 Å². The number of benzene rings is 1. The van der Waals surface area contributed by atoms with E-state index in [1.165, 1.54) is 19.2 Å². The molecule has 8 heteroatoms. The quantitative estimate of drug-likeness (QED) is 0.710. The molecule has 3 N–H and O–H groups in total. The second-order valence-electron chi connectivity index (χ2n) is 6.79. The van der Waals surface area contributed by atoms with Crippen molar-refractivity contribution in [2.24, 2.45) is 17.6 Å². The van der Waals surface area contributed by atoms with Crippen LogP contribution in [0.4, 0.5) is 0 Å². The van der Waals surface area contributed by atoms with Crippen LogP contribution in [0.3, 0.4) is 0 Å². The zero-order chi connectivity index (χ0) is 18.0. The summed E-state index contributed by atoms with van der Waals surface area (Å²) < 4.78 is 31.6. The van der Waals surface area contributed by atoms with Crippen LogP contribution in [0.25, 0.3) is 0 Å². The normalized spacial score (nSPS) is 26.0. The van der Waals surface area contributed by atoms with Crippen LogP contribution in [0.2, 0.25) is 0 Å². The zero-order valence-electron chi connectivity index (χ0n) is 14.3. The molecular weight excluding hydrogens is 342 g/mol. The number of methoxy groups -OCH3 is 1. The Morgan fingerprint density at radius 2 is 2.00 bits per heavy atom. The summed E-state index contributed by atoms with van der Waals surface area (Å²) in [5.74, 6) is 0.843. The van der Waals surface area contributed by atoms with Gasteiger partial charge in [0.15, 0.2) is 0 Å². The summed E-state index contributed by atoms with van der Waals surface area (Å²) in [6.07, 6.45) is 2.12. The van der Waals surface area contributed by atoms with Gasteiger partial charge in [0, 0.05) is 38.3 Å². The lowest BCUT2D eigenvalue weighted by Crippen LogP contribution is -2.33. The fraction of sp³-hybridized carbons (Fsp3) is 0.588. The Kier molecular flexibility index (Phi) is 5.43. The van der Waals surface area contributed by atoms with E-state index in [2.05, 4.69) is 4.72 Å². The summed E-state index contributed by atoms with van der Waals surface area (Å²) in [7, 11) is -2.08. The highest BCUT2D eigenvalue weighted by Gasteiger charge is 2.42. The second kappa shape index (κ2) is 7.41. The maximum Gasteiger partial charge on any atom is 0.253 e. The molecule has 1 heterocycles. The van der Waals surface area contributed by atoms with Crippen LogP contribution in [0.15, 0.2) is 29.2 Å². The number of ether oxygens (including phenoxy) is 1. The predicted molar refractivity (Wildman–Crippen MR) is 93.6 cm³/mol. The molecule has 0 bridgehead atoms. The summed E-state index contributed by atoms with van der Waals surface area (Å²) in [4.78, 5) is 14.6. The summed E-state index contributed by atoms with van der Waals surface area (Å²) in [6, 6.07) is 6.26. The van der Waals surface area contributed by atoms with Crippen molar-refractivity contribution in [3.63, 3.8) is 0 Å². The maximum absolute atomic E-state index is 12.7. The molecule has 0 spiro atoms. The largest absolute Gasteiger partial charge is 0.383 e. The molecule has 1 aliphatic carbocycles. The third-order valence-corrected chi connectivity index (χ3v) is 6.69. The predicted octanol–water partition coefficient (Wildman–Crippen LogP) is 0.421. The molecule has 7 nitrogen and oxygen atoms in total. The minimum Gasteiger partial charge on any atom is -0.383 e. The zero-order valence-corrected chi connectivity index (χ0v) is 15.2. The number of carbonyl (C=O) groups is 1. The standard InChI is InChI=1S/C17H25N3O4S/c1-24-9-8-19-25(22,23)14-5-2-12(3-6-14)17(21)20-10-13-4-7-16(18)15(13)11-20/h2-3,5-6,13,15-16,19H,4,7-11,18H2,1H3. The molecule has 2 fully saturated rings. The molecule has 1 saturated heterocycles. The van der Waals surface area contributed by atoms with Gasteiger partial charge < -0.3 is 15.4 Å². The van der Waals surface area contributed by atoms with Gasteiger partial charge in [-0.15, -0.1) is 0 Å². The first-order chi connectivity index (χ1) is 11.9. The van der Waals surface area contributed by atoms with Gasteiger partial charge in [0.1, 0.15) is 0 Å². The molecule has 138 valence electrons. The Balaban J connectivity index is 1.65. The van der Waals surface area contributed by atoms with E-state index in [1.807, 2.05) is 4.90 Å². The summed E-state index contributed by atoms with van der Waals surface area (Å²) in [5.41, 5.74) is 6.62. The van der Waals surface area contributed by atoms with E-state index < -0.39 is 10.0 Å². The molecule has 3 rings (SSSR count). The third kappa shape index (κ3) is 3.87. The van der Waals surface area contributed by atoms with Gasteiger partial charge in [-0.1, -0.05) is 0 Å². The van der Waals surface area contributed by atoms with Crippen molar-refractivity contribution in [1.29, 1.82) is 0 Å². The van der Waals surface area contributed by atoms with Crippen LogP contribution < -0.4 is 10.5 Å². The van der Waals surface area contributed by atoms with Gasteiger partial charge in [-0.25, -0.2) is 13.1 Å². The number of amides is 1. The van der Waals surface area contributed by atoms with E-state index in [1.54, 1.807) is 12.1 Å². The lowest BCUT2D eigenvalue weighted by molar-refractivity contribution is 0.0779. The first kappa shape index (κ1) is 18.3.